The highest BCUT2D eigenvalue weighted by molar-refractivity contribution is 7.99. The van der Waals surface area contributed by atoms with Gasteiger partial charge in [0.25, 0.3) is 0 Å². The van der Waals surface area contributed by atoms with E-state index in [-0.39, 0.29) is 12.4 Å². The zero-order valence-electron chi connectivity index (χ0n) is 18.0. The largest absolute Gasteiger partial charge is 0.305 e. The van der Waals surface area contributed by atoms with Crippen molar-refractivity contribution in [1.29, 1.82) is 0 Å². The van der Waals surface area contributed by atoms with Gasteiger partial charge in [-0.2, -0.15) is 0 Å². The van der Waals surface area contributed by atoms with Gasteiger partial charge in [-0.1, -0.05) is 48.2 Å². The van der Waals surface area contributed by atoms with Crippen LogP contribution in [-0.2, 0) is 12.5 Å². The third-order valence-electron chi connectivity index (χ3n) is 6.84. The van der Waals surface area contributed by atoms with E-state index in [9.17, 15) is 0 Å². The Bertz CT molecular complexity index is 1220. The third kappa shape index (κ3) is 3.85. The molecule has 4 aromatic rings. The van der Waals surface area contributed by atoms with Gasteiger partial charge in [-0.15, -0.1) is 33.9 Å². The summed E-state index contributed by atoms with van der Waals surface area (Å²) in [5, 5.41) is 9.80. The number of likely N-dealkylation sites (tertiary alicyclic amines) is 1. The molecular weight excluding hydrogens is 458 g/mol. The topological polar surface area (TPSA) is 46.8 Å². The number of fused-ring (bicyclic) bond motifs is 2. The Morgan fingerprint density at radius 1 is 1.16 bits per heavy atom. The Balaban J connectivity index is 0.00000216. The number of rotatable bonds is 7. The summed E-state index contributed by atoms with van der Waals surface area (Å²) in [5.74, 6) is 2.82. The molecule has 1 aliphatic carbocycles. The van der Waals surface area contributed by atoms with Crippen LogP contribution in [0.15, 0.2) is 59.2 Å². The Kier molecular flexibility index (Phi) is 6.01. The molecule has 0 spiro atoms. The number of thiazole rings is 1. The van der Waals surface area contributed by atoms with E-state index in [1.165, 1.54) is 36.2 Å². The molecule has 5 nitrogen and oxygen atoms in total. The number of aromatic nitrogens is 4. The van der Waals surface area contributed by atoms with Gasteiger partial charge < -0.3 is 9.47 Å². The molecule has 8 heteroatoms. The van der Waals surface area contributed by atoms with Crippen molar-refractivity contribution in [1.82, 2.24) is 24.6 Å². The fourth-order valence-electron chi connectivity index (χ4n) is 5.10. The first-order chi connectivity index (χ1) is 15.2. The standard InChI is InChI=1S/C24H25N5S2.ClH/c1-28-22(17-6-3-2-4-7-17)26-27-23(28)30-11-5-10-29-14-19-13-24(19,15-29)18-8-9-21-20(12-18)25-16-31-21;/h2-4,6-9,12,16,19H,5,10-11,13-15H2,1H3;1H. The van der Waals surface area contributed by atoms with Crippen LogP contribution in [0.25, 0.3) is 21.6 Å². The fraction of sp³-hybridized carbons (Fsp3) is 0.375. The number of thioether (sulfide) groups is 1. The van der Waals surface area contributed by atoms with E-state index in [1.807, 2.05) is 35.5 Å². The van der Waals surface area contributed by atoms with Gasteiger partial charge in [-0.25, -0.2) is 4.98 Å². The van der Waals surface area contributed by atoms with E-state index in [1.54, 1.807) is 11.3 Å². The molecule has 2 fully saturated rings. The minimum Gasteiger partial charge on any atom is -0.305 e. The highest BCUT2D eigenvalue weighted by Gasteiger charge is 2.60. The summed E-state index contributed by atoms with van der Waals surface area (Å²) in [6, 6.07) is 17.2. The average molecular weight is 484 g/mol. The molecule has 166 valence electrons. The zero-order chi connectivity index (χ0) is 20.8. The van der Waals surface area contributed by atoms with Gasteiger partial charge in [0.05, 0.1) is 15.7 Å². The summed E-state index contributed by atoms with van der Waals surface area (Å²) in [4.78, 5) is 7.18. The maximum absolute atomic E-state index is 4.53. The summed E-state index contributed by atoms with van der Waals surface area (Å²) < 4.78 is 3.40. The van der Waals surface area contributed by atoms with Gasteiger partial charge in [0, 0.05) is 36.9 Å². The SMILES string of the molecule is Cl.Cn1c(SCCCN2CC3CC3(c3ccc4scnc4c3)C2)nnc1-c1ccccc1. The predicted octanol–water partition coefficient (Wildman–Crippen LogP) is 5.27. The number of hydrogen-bond acceptors (Lipinski definition) is 6. The molecule has 1 saturated heterocycles. The smallest absolute Gasteiger partial charge is 0.191 e. The van der Waals surface area contributed by atoms with E-state index in [4.69, 9.17) is 0 Å². The summed E-state index contributed by atoms with van der Waals surface area (Å²) >= 11 is 3.54. The van der Waals surface area contributed by atoms with Crippen LogP contribution in [0.2, 0.25) is 0 Å². The van der Waals surface area contributed by atoms with Gasteiger partial charge >= 0.3 is 0 Å². The Labute approximate surface area is 202 Å². The van der Waals surface area contributed by atoms with E-state index >= 15 is 0 Å². The molecule has 0 bridgehead atoms. The Morgan fingerprint density at radius 3 is 2.91 bits per heavy atom. The molecule has 2 aromatic carbocycles. The van der Waals surface area contributed by atoms with Crippen molar-refractivity contribution < 1.29 is 0 Å². The van der Waals surface area contributed by atoms with Gasteiger partial charge in [-0.3, -0.25) is 0 Å². The van der Waals surface area contributed by atoms with Crippen LogP contribution >= 0.6 is 35.5 Å². The second-order valence-electron chi connectivity index (χ2n) is 8.76. The molecule has 6 rings (SSSR count). The summed E-state index contributed by atoms with van der Waals surface area (Å²) in [7, 11) is 2.06. The maximum Gasteiger partial charge on any atom is 0.191 e. The van der Waals surface area contributed by atoms with Crippen LogP contribution in [0.4, 0.5) is 0 Å². The van der Waals surface area contributed by atoms with Crippen molar-refractivity contribution in [2.24, 2.45) is 13.0 Å². The molecular formula is C24H26ClN5S2. The molecule has 2 aromatic heterocycles. The number of halogens is 1. The number of benzene rings is 2. The fourth-order valence-corrected chi connectivity index (χ4v) is 6.60. The normalized spacial score (nSPS) is 22.1. The van der Waals surface area contributed by atoms with Crippen molar-refractivity contribution in [3.63, 3.8) is 0 Å². The highest BCUT2D eigenvalue weighted by atomic mass is 35.5. The van der Waals surface area contributed by atoms with E-state index in [2.05, 4.69) is 62.0 Å². The molecule has 32 heavy (non-hydrogen) atoms. The molecule has 0 radical (unpaired) electrons. The number of hydrogen-bond donors (Lipinski definition) is 0. The van der Waals surface area contributed by atoms with Crippen LogP contribution in [0.1, 0.15) is 18.4 Å². The lowest BCUT2D eigenvalue weighted by molar-refractivity contribution is 0.299. The van der Waals surface area contributed by atoms with E-state index < -0.39 is 0 Å². The van der Waals surface area contributed by atoms with Crippen molar-refractivity contribution in [2.75, 3.05) is 25.4 Å². The van der Waals surface area contributed by atoms with Gasteiger partial charge in [-0.05, 0) is 43.0 Å². The first-order valence-corrected chi connectivity index (χ1v) is 12.7. The minimum absolute atomic E-state index is 0. The maximum atomic E-state index is 4.53. The molecule has 3 heterocycles. The van der Waals surface area contributed by atoms with Crippen molar-refractivity contribution in [3.05, 3.63) is 59.6 Å². The summed E-state index contributed by atoms with van der Waals surface area (Å²) in [6.07, 6.45) is 2.52. The van der Waals surface area contributed by atoms with E-state index in [0.717, 1.165) is 40.3 Å². The van der Waals surface area contributed by atoms with Crippen LogP contribution in [0, 0.1) is 5.92 Å². The quantitative estimate of drug-likeness (QED) is 0.265. The molecule has 2 unspecified atom stereocenters. The Morgan fingerprint density at radius 2 is 2.03 bits per heavy atom. The molecule has 2 atom stereocenters. The lowest BCUT2D eigenvalue weighted by Gasteiger charge is -2.21. The van der Waals surface area contributed by atoms with Crippen LogP contribution in [-0.4, -0.2) is 50.0 Å². The summed E-state index contributed by atoms with van der Waals surface area (Å²) in [5.41, 5.74) is 6.12. The molecule has 0 amide bonds. The van der Waals surface area contributed by atoms with Gasteiger partial charge in [0.1, 0.15) is 0 Å². The second kappa shape index (κ2) is 8.78. The van der Waals surface area contributed by atoms with E-state index in [0.29, 0.717) is 5.41 Å². The monoisotopic (exact) mass is 483 g/mol. The second-order valence-corrected chi connectivity index (χ2v) is 10.7. The van der Waals surface area contributed by atoms with Crippen molar-refractivity contribution in [3.8, 4) is 11.4 Å². The molecule has 1 aliphatic heterocycles. The van der Waals surface area contributed by atoms with Crippen molar-refractivity contribution >= 4 is 45.7 Å². The summed E-state index contributed by atoms with van der Waals surface area (Å²) in [6.45, 7) is 3.59. The predicted molar refractivity (Wildman–Crippen MR) is 135 cm³/mol. The van der Waals surface area contributed by atoms with Crippen LogP contribution < -0.4 is 0 Å². The average Bonchev–Trinajstić information content (AvgIpc) is 3.15. The van der Waals surface area contributed by atoms with Gasteiger partial charge in [0.15, 0.2) is 11.0 Å². The molecule has 0 N–H and O–H groups in total. The number of nitrogens with zero attached hydrogens (tertiary/aromatic N) is 5. The van der Waals surface area contributed by atoms with Crippen LogP contribution in [0.3, 0.4) is 0 Å². The highest BCUT2D eigenvalue weighted by Crippen LogP contribution is 2.59. The zero-order valence-corrected chi connectivity index (χ0v) is 20.4. The molecule has 1 saturated carbocycles. The third-order valence-corrected chi connectivity index (χ3v) is 8.75. The first kappa shape index (κ1) is 21.9. The number of piperidine rings is 1. The first-order valence-electron chi connectivity index (χ1n) is 10.9. The lowest BCUT2D eigenvalue weighted by atomic mass is 9.95. The Hall–Kier alpha value is -1.93. The lowest BCUT2D eigenvalue weighted by Crippen LogP contribution is -2.27. The van der Waals surface area contributed by atoms with Gasteiger partial charge in [0.2, 0.25) is 0 Å². The minimum atomic E-state index is 0. The molecule has 2 aliphatic rings. The van der Waals surface area contributed by atoms with Crippen molar-refractivity contribution in [2.45, 2.75) is 23.4 Å². The van der Waals surface area contributed by atoms with Crippen LogP contribution in [0.5, 0.6) is 0 Å².